The Morgan fingerprint density at radius 1 is 0.973 bits per heavy atom. The highest BCUT2D eigenvalue weighted by molar-refractivity contribution is 6.01. The van der Waals surface area contributed by atoms with Crippen LogP contribution < -0.4 is 0 Å². The summed E-state index contributed by atoms with van der Waals surface area (Å²) in [5, 5.41) is 6.22. The highest BCUT2D eigenvalue weighted by Crippen LogP contribution is 2.44. The summed E-state index contributed by atoms with van der Waals surface area (Å²) in [6.45, 7) is 2.37. The molecular weight excluding hydrogens is 468 g/mol. The molecule has 0 spiro atoms. The number of hydrogen-bond acceptors (Lipinski definition) is 6. The van der Waals surface area contributed by atoms with E-state index in [2.05, 4.69) is 4.68 Å². The van der Waals surface area contributed by atoms with Crippen molar-refractivity contribution in [2.75, 3.05) is 33.4 Å². The second-order valence-corrected chi connectivity index (χ2v) is 10.5. The lowest BCUT2D eigenvalue weighted by Crippen LogP contribution is -2.40. The zero-order chi connectivity index (χ0) is 25.4. The summed E-state index contributed by atoms with van der Waals surface area (Å²) in [5.74, 6) is -0.0202. The molecule has 1 saturated heterocycles. The van der Waals surface area contributed by atoms with Gasteiger partial charge in [-0.1, -0.05) is 37.8 Å². The molecule has 37 heavy (non-hydrogen) atoms. The van der Waals surface area contributed by atoms with E-state index in [-0.39, 0.29) is 11.6 Å². The number of carbonyl (C=O) groups excluding carboxylic acids is 2. The minimum atomic E-state index is -0.455. The van der Waals surface area contributed by atoms with Crippen molar-refractivity contribution in [3.05, 3.63) is 47.3 Å². The Morgan fingerprint density at radius 3 is 2.35 bits per heavy atom. The van der Waals surface area contributed by atoms with Gasteiger partial charge >= 0.3 is 5.97 Å². The van der Waals surface area contributed by atoms with Crippen LogP contribution in [-0.4, -0.2) is 65.0 Å². The lowest BCUT2D eigenvalue weighted by atomic mass is 9.81. The molecule has 2 aromatic heterocycles. The Labute approximate surface area is 216 Å². The maximum atomic E-state index is 13.0. The molecule has 6 rings (SSSR count). The second-order valence-electron chi connectivity index (χ2n) is 10.5. The third kappa shape index (κ3) is 4.52. The number of methoxy groups -OCH3 is 1. The fourth-order valence-corrected chi connectivity index (χ4v) is 5.89. The Bertz CT molecular complexity index is 1300. The molecular formula is C29H34N4O4. The fourth-order valence-electron chi connectivity index (χ4n) is 5.89. The standard InChI is InChI=1S/C29H34N4O4/c1-36-29(35)24-18-23(19-10-12-21(13-11-19)28(34)32-14-16-37-17-15-32)25-26(20-6-5-7-20)31-33(27(25)30-24)22-8-3-2-4-9-22/h10-13,18,20,22H,2-9,14-17H2,1H3. The number of benzene rings is 1. The van der Waals surface area contributed by atoms with Gasteiger partial charge in [-0.15, -0.1) is 0 Å². The smallest absolute Gasteiger partial charge is 0.356 e. The van der Waals surface area contributed by atoms with E-state index in [0.29, 0.717) is 43.8 Å². The summed E-state index contributed by atoms with van der Waals surface area (Å²) >= 11 is 0. The van der Waals surface area contributed by atoms with Gasteiger partial charge in [0.2, 0.25) is 0 Å². The second kappa shape index (κ2) is 10.2. The third-order valence-electron chi connectivity index (χ3n) is 8.24. The first-order valence-corrected chi connectivity index (χ1v) is 13.6. The van der Waals surface area contributed by atoms with Crippen LogP contribution in [0.5, 0.6) is 0 Å². The first kappa shape index (κ1) is 24.1. The van der Waals surface area contributed by atoms with E-state index in [0.717, 1.165) is 53.5 Å². The zero-order valence-electron chi connectivity index (χ0n) is 21.4. The van der Waals surface area contributed by atoms with Gasteiger partial charge in [-0.2, -0.15) is 5.10 Å². The lowest BCUT2D eigenvalue weighted by Gasteiger charge is -2.27. The summed E-state index contributed by atoms with van der Waals surface area (Å²) in [4.78, 5) is 32.3. The predicted molar refractivity (Wildman–Crippen MR) is 140 cm³/mol. The first-order chi connectivity index (χ1) is 18.1. The van der Waals surface area contributed by atoms with Crippen molar-refractivity contribution < 1.29 is 19.1 Å². The molecule has 2 saturated carbocycles. The first-order valence-electron chi connectivity index (χ1n) is 13.6. The predicted octanol–water partition coefficient (Wildman–Crippen LogP) is 5.13. The van der Waals surface area contributed by atoms with Gasteiger partial charge in [0.25, 0.3) is 5.91 Å². The molecule has 1 aliphatic heterocycles. The van der Waals surface area contributed by atoms with E-state index in [1.807, 2.05) is 35.2 Å². The summed E-state index contributed by atoms with van der Waals surface area (Å²) in [6.07, 6.45) is 9.26. The average Bonchev–Trinajstić information content (AvgIpc) is 3.30. The van der Waals surface area contributed by atoms with E-state index in [1.165, 1.54) is 32.8 Å². The van der Waals surface area contributed by atoms with Crippen LogP contribution in [-0.2, 0) is 9.47 Å². The highest BCUT2D eigenvalue weighted by atomic mass is 16.5. The summed E-state index contributed by atoms with van der Waals surface area (Å²) in [7, 11) is 1.39. The van der Waals surface area contributed by atoms with Crippen molar-refractivity contribution in [2.45, 2.75) is 63.3 Å². The van der Waals surface area contributed by atoms with Crippen molar-refractivity contribution >= 4 is 22.9 Å². The Balaban J connectivity index is 1.46. The van der Waals surface area contributed by atoms with E-state index < -0.39 is 5.97 Å². The van der Waals surface area contributed by atoms with E-state index in [4.69, 9.17) is 19.6 Å². The van der Waals surface area contributed by atoms with Crippen LogP contribution in [0, 0.1) is 0 Å². The van der Waals surface area contributed by atoms with Crippen molar-refractivity contribution in [1.82, 2.24) is 19.7 Å². The van der Waals surface area contributed by atoms with Crippen LogP contribution in [0.2, 0.25) is 0 Å². The number of rotatable bonds is 5. The number of carbonyl (C=O) groups is 2. The number of amides is 1. The Hall–Kier alpha value is -3.26. The van der Waals surface area contributed by atoms with Gasteiger partial charge < -0.3 is 14.4 Å². The molecule has 1 aromatic carbocycles. The molecule has 0 N–H and O–H groups in total. The Kier molecular flexibility index (Phi) is 6.67. The number of morpholine rings is 1. The van der Waals surface area contributed by atoms with Crippen molar-refractivity contribution in [3.8, 4) is 11.1 Å². The molecule has 2 aliphatic carbocycles. The van der Waals surface area contributed by atoms with Crippen molar-refractivity contribution in [2.24, 2.45) is 0 Å². The molecule has 0 radical (unpaired) electrons. The largest absolute Gasteiger partial charge is 0.464 e. The van der Waals surface area contributed by atoms with Crippen molar-refractivity contribution in [3.63, 3.8) is 0 Å². The zero-order valence-corrected chi connectivity index (χ0v) is 21.4. The normalized spacial score (nSPS) is 19.1. The number of aromatic nitrogens is 3. The fraction of sp³-hybridized carbons (Fsp3) is 0.517. The minimum Gasteiger partial charge on any atom is -0.464 e. The van der Waals surface area contributed by atoms with Gasteiger partial charge in [-0.05, 0) is 55.0 Å². The molecule has 3 aliphatic rings. The van der Waals surface area contributed by atoms with Gasteiger partial charge in [0.15, 0.2) is 11.3 Å². The van der Waals surface area contributed by atoms with Crippen LogP contribution in [0.3, 0.4) is 0 Å². The summed E-state index contributed by atoms with van der Waals surface area (Å²) in [5.41, 5.74) is 4.69. The van der Waals surface area contributed by atoms with Crippen LogP contribution in [0.1, 0.15) is 89.9 Å². The van der Waals surface area contributed by atoms with Crippen LogP contribution in [0.4, 0.5) is 0 Å². The van der Waals surface area contributed by atoms with E-state index >= 15 is 0 Å². The number of pyridine rings is 1. The Morgan fingerprint density at radius 2 is 1.70 bits per heavy atom. The number of ether oxygens (including phenoxy) is 2. The highest BCUT2D eigenvalue weighted by Gasteiger charge is 2.31. The van der Waals surface area contributed by atoms with E-state index in [9.17, 15) is 9.59 Å². The molecule has 194 valence electrons. The lowest BCUT2D eigenvalue weighted by molar-refractivity contribution is 0.0303. The SMILES string of the molecule is COC(=O)c1cc(-c2ccc(C(=O)N3CCOCC3)cc2)c2c(C3CCC3)nn(C3CCCCC3)c2n1. The molecule has 3 heterocycles. The van der Waals surface area contributed by atoms with Crippen LogP contribution in [0.25, 0.3) is 22.2 Å². The van der Waals surface area contributed by atoms with Gasteiger partial charge in [-0.3, -0.25) is 4.79 Å². The molecule has 0 bridgehead atoms. The average molecular weight is 503 g/mol. The van der Waals surface area contributed by atoms with Crippen LogP contribution in [0.15, 0.2) is 30.3 Å². The number of hydrogen-bond donors (Lipinski definition) is 0. The van der Waals surface area contributed by atoms with Gasteiger partial charge in [0.1, 0.15) is 0 Å². The molecule has 0 unspecified atom stereocenters. The van der Waals surface area contributed by atoms with Gasteiger partial charge in [-0.25, -0.2) is 14.5 Å². The number of esters is 1. The molecule has 8 heteroatoms. The molecule has 8 nitrogen and oxygen atoms in total. The molecule has 3 aromatic rings. The third-order valence-corrected chi connectivity index (χ3v) is 8.24. The topological polar surface area (TPSA) is 86.5 Å². The summed E-state index contributed by atoms with van der Waals surface area (Å²) in [6, 6.07) is 9.85. The monoisotopic (exact) mass is 502 g/mol. The maximum Gasteiger partial charge on any atom is 0.356 e. The minimum absolute atomic E-state index is 0.0188. The molecule has 3 fully saturated rings. The van der Waals surface area contributed by atoms with Gasteiger partial charge in [0, 0.05) is 24.6 Å². The summed E-state index contributed by atoms with van der Waals surface area (Å²) < 4.78 is 12.6. The molecule has 0 atom stereocenters. The molecule has 1 amide bonds. The number of nitrogens with zero attached hydrogens (tertiary/aromatic N) is 4. The maximum absolute atomic E-state index is 13.0. The number of fused-ring (bicyclic) bond motifs is 1. The van der Waals surface area contributed by atoms with Gasteiger partial charge in [0.05, 0.1) is 37.4 Å². The quantitative estimate of drug-likeness (QED) is 0.450. The van der Waals surface area contributed by atoms with Crippen molar-refractivity contribution in [1.29, 1.82) is 0 Å². The van der Waals surface area contributed by atoms with Crippen LogP contribution >= 0.6 is 0 Å². The van der Waals surface area contributed by atoms with E-state index in [1.54, 1.807) is 0 Å².